The molecule has 6 nitrogen and oxygen atoms in total. The van der Waals surface area contributed by atoms with E-state index in [9.17, 15) is 18.8 Å². The van der Waals surface area contributed by atoms with Gasteiger partial charge < -0.3 is 14.6 Å². The Hall–Kier alpha value is -4.23. The number of fused-ring (bicyclic) bond motifs is 1. The molecule has 232 valence electrons. The molecule has 6 rings (SSSR count). The molecule has 2 heterocycles. The number of benzene rings is 3. The first-order chi connectivity index (χ1) is 21.8. The van der Waals surface area contributed by atoms with Crippen LogP contribution >= 0.6 is 11.6 Å². The number of carbonyl (C=O) groups excluding carboxylic acids is 2. The van der Waals surface area contributed by atoms with Crippen LogP contribution in [0.4, 0.5) is 4.39 Å². The summed E-state index contributed by atoms with van der Waals surface area (Å²) in [5.41, 5.74) is 4.08. The number of allylic oxidation sites excluding steroid dienone is 1. The molecular weight excluding hydrogens is 591 g/mol. The van der Waals surface area contributed by atoms with E-state index in [0.29, 0.717) is 30.3 Å². The van der Waals surface area contributed by atoms with Gasteiger partial charge in [-0.15, -0.1) is 0 Å². The summed E-state index contributed by atoms with van der Waals surface area (Å²) in [7, 11) is 0. The van der Waals surface area contributed by atoms with E-state index in [1.165, 1.54) is 34.9 Å². The second-order valence-electron chi connectivity index (χ2n) is 12.1. The minimum atomic E-state index is -0.694. The van der Waals surface area contributed by atoms with Gasteiger partial charge in [0.05, 0.1) is 11.4 Å². The molecule has 8 heteroatoms. The van der Waals surface area contributed by atoms with Crippen molar-refractivity contribution in [2.24, 2.45) is 0 Å². The summed E-state index contributed by atoms with van der Waals surface area (Å²) < 4.78 is 20.0. The van der Waals surface area contributed by atoms with Gasteiger partial charge in [0.25, 0.3) is 5.91 Å². The Morgan fingerprint density at radius 2 is 1.78 bits per heavy atom. The van der Waals surface area contributed by atoms with Crippen LogP contribution in [0, 0.1) is 5.82 Å². The molecule has 45 heavy (non-hydrogen) atoms. The molecule has 0 unspecified atom stereocenters. The molecule has 1 aliphatic carbocycles. The number of likely N-dealkylation sites (tertiary alicyclic amines) is 1. The molecule has 1 N–H and O–H groups in total. The first-order valence-electron chi connectivity index (χ1n) is 15.7. The van der Waals surface area contributed by atoms with Gasteiger partial charge in [0.2, 0.25) is 5.91 Å². The SMILES string of the molecule is O=C(N[C@H](C=C1CCC(c2ccccc2CN2CCCCC2=O)CC1)Cc1ccc(Cl)cc1)c1cc(=O)c2cccc(F)c2o1. The fourth-order valence-electron chi connectivity index (χ4n) is 6.58. The summed E-state index contributed by atoms with van der Waals surface area (Å²) >= 11 is 6.11. The number of amides is 2. The predicted molar refractivity (Wildman–Crippen MR) is 174 cm³/mol. The molecule has 0 spiro atoms. The van der Waals surface area contributed by atoms with E-state index in [0.717, 1.165) is 56.7 Å². The number of rotatable bonds is 8. The molecular formula is C37H36ClFN2O4. The number of piperidine rings is 1. The van der Waals surface area contributed by atoms with Gasteiger partial charge in [-0.05, 0) is 91.8 Å². The van der Waals surface area contributed by atoms with Crippen molar-refractivity contribution in [1.29, 1.82) is 0 Å². The maximum atomic E-state index is 14.4. The molecule has 2 aliphatic rings. The number of para-hydroxylation sites is 1. The number of halogens is 2. The van der Waals surface area contributed by atoms with Crippen LogP contribution in [0.1, 0.15) is 78.1 Å². The van der Waals surface area contributed by atoms with Gasteiger partial charge in [-0.3, -0.25) is 14.4 Å². The maximum Gasteiger partial charge on any atom is 0.287 e. The zero-order chi connectivity index (χ0) is 31.3. The van der Waals surface area contributed by atoms with Crippen molar-refractivity contribution in [3.05, 3.63) is 128 Å². The van der Waals surface area contributed by atoms with Gasteiger partial charge in [-0.25, -0.2) is 4.39 Å². The van der Waals surface area contributed by atoms with Crippen LogP contribution in [0.25, 0.3) is 11.0 Å². The minimum Gasteiger partial charge on any atom is -0.448 e. The van der Waals surface area contributed by atoms with Gasteiger partial charge in [-0.1, -0.05) is 65.7 Å². The van der Waals surface area contributed by atoms with E-state index in [-0.39, 0.29) is 28.7 Å². The molecule has 2 fully saturated rings. The van der Waals surface area contributed by atoms with E-state index >= 15 is 0 Å². The molecule has 1 aliphatic heterocycles. The van der Waals surface area contributed by atoms with Crippen molar-refractivity contribution in [2.45, 2.75) is 69.9 Å². The van der Waals surface area contributed by atoms with Crippen molar-refractivity contribution in [3.63, 3.8) is 0 Å². The standard InChI is InChI=1S/C37H36ClFN2O4/c38-28-17-13-25(14-18-28)21-29(40-37(44)34-22-33(42)31-8-5-9-32(39)36(31)45-34)20-24-11-15-26(16-12-24)30-7-2-1-6-27(30)23-41-19-4-3-10-35(41)43/h1-2,5-9,13-14,17-18,20,22,26,29H,3-4,10-12,15-16,19,21,23H2,(H,40,44)/t26?,29-/m1/s1. The lowest BCUT2D eigenvalue weighted by molar-refractivity contribution is -0.133. The van der Waals surface area contributed by atoms with E-state index in [4.69, 9.17) is 16.0 Å². The quantitative estimate of drug-likeness (QED) is 0.203. The van der Waals surface area contributed by atoms with Crippen LogP contribution in [0.5, 0.6) is 0 Å². The Bertz CT molecular complexity index is 1790. The number of hydrogen-bond donors (Lipinski definition) is 1. The van der Waals surface area contributed by atoms with E-state index in [1.54, 1.807) is 0 Å². The lowest BCUT2D eigenvalue weighted by atomic mass is 9.79. The fraction of sp³-hybridized carbons (Fsp3) is 0.324. The smallest absolute Gasteiger partial charge is 0.287 e. The predicted octanol–water partition coefficient (Wildman–Crippen LogP) is 7.72. The molecule has 4 aromatic rings. The molecule has 2 amide bonds. The number of nitrogens with one attached hydrogen (secondary N) is 1. The van der Waals surface area contributed by atoms with E-state index < -0.39 is 17.2 Å². The Balaban J connectivity index is 1.19. The van der Waals surface area contributed by atoms with Crippen molar-refractivity contribution in [2.75, 3.05) is 6.54 Å². The highest BCUT2D eigenvalue weighted by Gasteiger charge is 2.25. The van der Waals surface area contributed by atoms with Crippen molar-refractivity contribution < 1.29 is 18.4 Å². The largest absolute Gasteiger partial charge is 0.448 e. The summed E-state index contributed by atoms with van der Waals surface area (Å²) in [5, 5.41) is 3.73. The summed E-state index contributed by atoms with van der Waals surface area (Å²) in [5.74, 6) is -0.872. The van der Waals surface area contributed by atoms with Crippen molar-refractivity contribution in [3.8, 4) is 0 Å². The summed E-state index contributed by atoms with van der Waals surface area (Å²) in [6.45, 7) is 1.49. The second-order valence-corrected chi connectivity index (χ2v) is 12.5. The van der Waals surface area contributed by atoms with Gasteiger partial charge >= 0.3 is 0 Å². The van der Waals surface area contributed by atoms with Crippen LogP contribution in [0.15, 0.2) is 93.7 Å². The molecule has 0 bridgehead atoms. The number of nitrogens with zero attached hydrogens (tertiary/aromatic N) is 1. The van der Waals surface area contributed by atoms with Gasteiger partial charge in [0.1, 0.15) is 0 Å². The Morgan fingerprint density at radius 1 is 1.00 bits per heavy atom. The monoisotopic (exact) mass is 626 g/mol. The van der Waals surface area contributed by atoms with Gasteiger partial charge in [0.15, 0.2) is 22.6 Å². The van der Waals surface area contributed by atoms with Crippen molar-refractivity contribution in [1.82, 2.24) is 10.2 Å². The van der Waals surface area contributed by atoms with Crippen LogP contribution in [0.3, 0.4) is 0 Å². The number of hydrogen-bond acceptors (Lipinski definition) is 4. The highest BCUT2D eigenvalue weighted by Crippen LogP contribution is 2.37. The van der Waals surface area contributed by atoms with Gasteiger partial charge in [-0.2, -0.15) is 0 Å². The second kappa shape index (κ2) is 13.8. The van der Waals surface area contributed by atoms with Crippen LogP contribution in [-0.2, 0) is 17.8 Å². The fourth-order valence-corrected chi connectivity index (χ4v) is 6.71. The third-order valence-corrected chi connectivity index (χ3v) is 9.21. The molecule has 0 radical (unpaired) electrons. The van der Waals surface area contributed by atoms with Crippen molar-refractivity contribution >= 4 is 34.4 Å². The zero-order valence-electron chi connectivity index (χ0n) is 25.1. The summed E-state index contributed by atoms with van der Waals surface area (Å²) in [6.07, 6.45) is 8.99. The van der Waals surface area contributed by atoms with Crippen LogP contribution in [0.2, 0.25) is 5.02 Å². The van der Waals surface area contributed by atoms with Crippen LogP contribution in [-0.4, -0.2) is 29.3 Å². The highest BCUT2D eigenvalue weighted by atomic mass is 35.5. The highest BCUT2D eigenvalue weighted by molar-refractivity contribution is 6.30. The van der Waals surface area contributed by atoms with E-state index in [2.05, 4.69) is 35.7 Å². The number of carbonyl (C=O) groups is 2. The van der Waals surface area contributed by atoms with Crippen LogP contribution < -0.4 is 10.7 Å². The lowest BCUT2D eigenvalue weighted by Gasteiger charge is -2.31. The Morgan fingerprint density at radius 3 is 2.56 bits per heavy atom. The third kappa shape index (κ3) is 7.36. The topological polar surface area (TPSA) is 79.6 Å². The average Bonchev–Trinajstić information content (AvgIpc) is 3.04. The normalized spacial score (nSPS) is 17.7. The Kier molecular flexibility index (Phi) is 9.45. The van der Waals surface area contributed by atoms with Gasteiger partial charge in [0, 0.05) is 30.6 Å². The third-order valence-electron chi connectivity index (χ3n) is 8.96. The lowest BCUT2D eigenvalue weighted by Crippen LogP contribution is -2.36. The molecule has 3 aromatic carbocycles. The van der Waals surface area contributed by atoms with E-state index in [1.807, 2.05) is 29.2 Å². The first kappa shape index (κ1) is 30.8. The molecule has 1 saturated carbocycles. The average molecular weight is 627 g/mol. The Labute approximate surface area is 266 Å². The first-order valence-corrected chi connectivity index (χ1v) is 16.0. The molecule has 1 saturated heterocycles. The summed E-state index contributed by atoms with van der Waals surface area (Å²) in [6, 6.07) is 20.8. The minimum absolute atomic E-state index is 0.0900. The summed E-state index contributed by atoms with van der Waals surface area (Å²) in [4.78, 5) is 40.5. The maximum absolute atomic E-state index is 14.4. The zero-order valence-corrected chi connectivity index (χ0v) is 25.8. The molecule has 1 atom stereocenters. The molecule has 1 aromatic heterocycles.